The van der Waals surface area contributed by atoms with Crippen molar-refractivity contribution in [3.63, 3.8) is 0 Å². The summed E-state index contributed by atoms with van der Waals surface area (Å²) in [5.74, 6) is 2.65. The molecule has 3 atom stereocenters. The van der Waals surface area contributed by atoms with E-state index in [1.807, 2.05) is 36.4 Å². The largest absolute Gasteiger partial charge is 0.484 e. The Labute approximate surface area is 178 Å². The first-order valence-electron chi connectivity index (χ1n) is 9.46. The number of carbonyl (C=O) groups excluding carboxylic acids is 1. The van der Waals surface area contributed by atoms with Gasteiger partial charge in [0.2, 0.25) is 0 Å². The van der Waals surface area contributed by atoms with Crippen LogP contribution in [0.5, 0.6) is 17.2 Å². The van der Waals surface area contributed by atoms with E-state index in [-0.39, 0.29) is 37.3 Å². The molecule has 1 aliphatic carbocycles. The SMILES string of the molecule is COCOc1ccc(C2Oc3c(Br)cc(OCOC)cc3C3CC(=O)CC32)cc1. The minimum Gasteiger partial charge on any atom is -0.484 e. The molecule has 2 aromatic carbocycles. The van der Waals surface area contributed by atoms with E-state index in [1.165, 1.54) is 0 Å². The van der Waals surface area contributed by atoms with Gasteiger partial charge in [0, 0.05) is 44.5 Å². The van der Waals surface area contributed by atoms with Crippen LogP contribution in [-0.2, 0) is 14.3 Å². The Morgan fingerprint density at radius 1 is 1.00 bits per heavy atom. The third-order valence-electron chi connectivity index (χ3n) is 5.40. The van der Waals surface area contributed by atoms with Crippen LogP contribution >= 0.6 is 15.9 Å². The van der Waals surface area contributed by atoms with Crippen molar-refractivity contribution in [2.75, 3.05) is 27.8 Å². The number of ether oxygens (including phenoxy) is 5. The first kappa shape index (κ1) is 20.2. The average Bonchev–Trinajstić information content (AvgIpc) is 3.12. The highest BCUT2D eigenvalue weighted by Gasteiger charge is 2.46. The van der Waals surface area contributed by atoms with Gasteiger partial charge in [-0.1, -0.05) is 12.1 Å². The van der Waals surface area contributed by atoms with Crippen molar-refractivity contribution < 1.29 is 28.5 Å². The molecule has 1 aliphatic heterocycles. The van der Waals surface area contributed by atoms with Crippen molar-refractivity contribution in [1.82, 2.24) is 0 Å². The Morgan fingerprint density at radius 3 is 2.38 bits per heavy atom. The van der Waals surface area contributed by atoms with E-state index < -0.39 is 0 Å². The van der Waals surface area contributed by atoms with Crippen LogP contribution in [-0.4, -0.2) is 33.6 Å². The second kappa shape index (κ2) is 8.73. The Hall–Kier alpha value is -2.09. The summed E-state index contributed by atoms with van der Waals surface area (Å²) in [5.41, 5.74) is 2.04. The summed E-state index contributed by atoms with van der Waals surface area (Å²) in [6.07, 6.45) is 0.835. The van der Waals surface area contributed by atoms with Gasteiger partial charge in [0.05, 0.1) is 4.47 Å². The molecule has 0 amide bonds. The van der Waals surface area contributed by atoms with Gasteiger partial charge in [-0.3, -0.25) is 4.79 Å². The lowest BCUT2D eigenvalue weighted by Gasteiger charge is -2.36. The maximum atomic E-state index is 12.4. The molecule has 0 bridgehead atoms. The summed E-state index contributed by atoms with van der Waals surface area (Å²) < 4.78 is 28.3. The van der Waals surface area contributed by atoms with Crippen molar-refractivity contribution in [3.8, 4) is 17.2 Å². The zero-order chi connectivity index (χ0) is 20.4. The Kier molecular flexibility index (Phi) is 6.08. The number of methoxy groups -OCH3 is 2. The van der Waals surface area contributed by atoms with E-state index in [2.05, 4.69) is 15.9 Å². The highest BCUT2D eigenvalue weighted by Crippen LogP contribution is 2.55. The molecule has 0 radical (unpaired) electrons. The molecule has 2 aromatic rings. The second-order valence-corrected chi connectivity index (χ2v) is 8.10. The molecule has 29 heavy (non-hydrogen) atoms. The molecule has 6 nitrogen and oxygen atoms in total. The number of Topliss-reactive ketones (excluding diaryl/α,β-unsaturated/α-hetero) is 1. The third-order valence-corrected chi connectivity index (χ3v) is 5.99. The average molecular weight is 463 g/mol. The van der Waals surface area contributed by atoms with Crippen LogP contribution in [0.1, 0.15) is 36.0 Å². The molecule has 2 aliphatic rings. The highest BCUT2D eigenvalue weighted by molar-refractivity contribution is 9.10. The van der Waals surface area contributed by atoms with Gasteiger partial charge in [0.15, 0.2) is 13.6 Å². The Morgan fingerprint density at radius 2 is 1.69 bits per heavy atom. The lowest BCUT2D eigenvalue weighted by atomic mass is 9.80. The molecule has 0 aromatic heterocycles. The molecule has 1 heterocycles. The van der Waals surface area contributed by atoms with Gasteiger partial charge in [-0.2, -0.15) is 0 Å². The van der Waals surface area contributed by atoms with Crippen LogP contribution in [0.3, 0.4) is 0 Å². The molecule has 1 fully saturated rings. The summed E-state index contributed by atoms with van der Waals surface area (Å²) in [6.45, 7) is 0.367. The van der Waals surface area contributed by atoms with E-state index in [4.69, 9.17) is 23.7 Å². The summed E-state index contributed by atoms with van der Waals surface area (Å²) in [7, 11) is 3.17. The number of carbonyl (C=O) groups is 1. The zero-order valence-electron chi connectivity index (χ0n) is 16.4. The number of ketones is 1. The maximum Gasteiger partial charge on any atom is 0.188 e. The smallest absolute Gasteiger partial charge is 0.188 e. The van der Waals surface area contributed by atoms with Crippen molar-refractivity contribution >= 4 is 21.7 Å². The molecular weight excluding hydrogens is 440 g/mol. The molecular formula is C22H23BrO6. The standard InChI is InChI=1S/C22H23BrO6/c1-25-11-27-15-5-3-13(4-6-15)21-18-8-14(24)7-17(18)19-9-16(28-12-26-2)10-20(23)22(19)29-21/h3-6,9-10,17-18,21H,7-8,11-12H2,1-2H3. The quantitative estimate of drug-likeness (QED) is 0.559. The second-order valence-electron chi connectivity index (χ2n) is 7.25. The van der Waals surface area contributed by atoms with Crippen molar-refractivity contribution in [1.29, 1.82) is 0 Å². The van der Waals surface area contributed by atoms with Crippen LogP contribution in [0.4, 0.5) is 0 Å². The van der Waals surface area contributed by atoms with E-state index in [9.17, 15) is 4.79 Å². The van der Waals surface area contributed by atoms with Gasteiger partial charge in [0.1, 0.15) is 29.1 Å². The van der Waals surface area contributed by atoms with E-state index in [0.717, 1.165) is 27.1 Å². The van der Waals surface area contributed by atoms with Crippen molar-refractivity contribution in [2.45, 2.75) is 24.9 Å². The van der Waals surface area contributed by atoms with Crippen molar-refractivity contribution in [3.05, 3.63) is 52.0 Å². The highest BCUT2D eigenvalue weighted by atomic mass is 79.9. The minimum atomic E-state index is -0.197. The summed E-state index contributed by atoms with van der Waals surface area (Å²) in [5, 5.41) is 0. The maximum absolute atomic E-state index is 12.4. The normalized spacial score (nSPS) is 22.6. The summed E-state index contributed by atoms with van der Waals surface area (Å²) in [6, 6.07) is 11.6. The predicted molar refractivity (Wildman–Crippen MR) is 109 cm³/mol. The van der Waals surface area contributed by atoms with Crippen LogP contribution in [0, 0.1) is 5.92 Å². The molecule has 0 spiro atoms. The number of fused-ring (bicyclic) bond motifs is 3. The van der Waals surface area contributed by atoms with Gasteiger partial charge < -0.3 is 23.7 Å². The van der Waals surface area contributed by atoms with Crippen LogP contribution < -0.4 is 14.2 Å². The predicted octanol–water partition coefficient (Wildman–Crippen LogP) is 4.61. The molecule has 0 saturated heterocycles. The number of halogens is 1. The molecule has 0 N–H and O–H groups in total. The topological polar surface area (TPSA) is 63.2 Å². The Bertz CT molecular complexity index is 882. The van der Waals surface area contributed by atoms with Crippen LogP contribution in [0.25, 0.3) is 0 Å². The minimum absolute atomic E-state index is 0.0883. The van der Waals surface area contributed by atoms with E-state index in [0.29, 0.717) is 18.6 Å². The number of benzene rings is 2. The number of hydrogen-bond acceptors (Lipinski definition) is 6. The third kappa shape index (κ3) is 4.13. The molecule has 7 heteroatoms. The van der Waals surface area contributed by atoms with Gasteiger partial charge >= 0.3 is 0 Å². The lowest BCUT2D eigenvalue weighted by molar-refractivity contribution is -0.117. The van der Waals surface area contributed by atoms with Crippen LogP contribution in [0.15, 0.2) is 40.9 Å². The van der Waals surface area contributed by atoms with Gasteiger partial charge in [0.25, 0.3) is 0 Å². The van der Waals surface area contributed by atoms with Crippen LogP contribution in [0.2, 0.25) is 0 Å². The Balaban J connectivity index is 1.66. The molecule has 154 valence electrons. The molecule has 3 unspecified atom stereocenters. The fourth-order valence-electron chi connectivity index (χ4n) is 4.15. The fourth-order valence-corrected chi connectivity index (χ4v) is 4.70. The van der Waals surface area contributed by atoms with Gasteiger partial charge in [-0.25, -0.2) is 0 Å². The van der Waals surface area contributed by atoms with Gasteiger partial charge in [-0.05, 0) is 45.8 Å². The number of hydrogen-bond donors (Lipinski definition) is 0. The summed E-state index contributed by atoms with van der Waals surface area (Å²) >= 11 is 3.61. The molecule has 1 saturated carbocycles. The van der Waals surface area contributed by atoms with Crippen molar-refractivity contribution in [2.24, 2.45) is 5.92 Å². The zero-order valence-corrected chi connectivity index (χ0v) is 17.9. The van der Waals surface area contributed by atoms with E-state index in [1.54, 1.807) is 14.2 Å². The molecule has 4 rings (SSSR count). The lowest BCUT2D eigenvalue weighted by Crippen LogP contribution is -2.27. The number of rotatable bonds is 7. The first-order valence-corrected chi connectivity index (χ1v) is 10.2. The monoisotopic (exact) mass is 462 g/mol. The van der Waals surface area contributed by atoms with Gasteiger partial charge in [-0.15, -0.1) is 0 Å². The summed E-state index contributed by atoms with van der Waals surface area (Å²) in [4.78, 5) is 12.4. The first-order chi connectivity index (χ1) is 14.1. The fraction of sp³-hybridized carbons (Fsp3) is 0.409. The van der Waals surface area contributed by atoms with E-state index >= 15 is 0 Å².